The van der Waals surface area contributed by atoms with Crippen molar-refractivity contribution in [1.29, 1.82) is 0 Å². The monoisotopic (exact) mass is 399 g/mol. The first-order valence-electron chi connectivity index (χ1n) is 9.81. The Hall–Kier alpha value is -3.66. The summed E-state index contributed by atoms with van der Waals surface area (Å²) in [7, 11) is 1.75. The van der Waals surface area contributed by atoms with Gasteiger partial charge in [-0.3, -0.25) is 4.79 Å². The molecular formula is C26H22FNO2. The third-order valence-electron chi connectivity index (χ3n) is 5.12. The fourth-order valence-corrected chi connectivity index (χ4v) is 3.40. The quantitative estimate of drug-likeness (QED) is 0.437. The van der Waals surface area contributed by atoms with Crippen molar-refractivity contribution in [3.63, 3.8) is 0 Å². The van der Waals surface area contributed by atoms with Crippen molar-refractivity contribution in [3.05, 3.63) is 124 Å². The third-order valence-corrected chi connectivity index (χ3v) is 5.12. The number of nitrogens with zero attached hydrogens (tertiary/aromatic N) is 1. The molecule has 30 heavy (non-hydrogen) atoms. The average Bonchev–Trinajstić information content (AvgIpc) is 2.78. The Kier molecular flexibility index (Phi) is 5.75. The highest BCUT2D eigenvalue weighted by atomic mass is 19.1. The highest BCUT2D eigenvalue weighted by Gasteiger charge is 2.12. The van der Waals surface area contributed by atoms with E-state index in [0.717, 1.165) is 16.8 Å². The fourth-order valence-electron chi connectivity index (χ4n) is 3.40. The van der Waals surface area contributed by atoms with E-state index in [2.05, 4.69) is 0 Å². The van der Waals surface area contributed by atoms with Crippen molar-refractivity contribution in [1.82, 2.24) is 4.57 Å². The van der Waals surface area contributed by atoms with Gasteiger partial charge in [0.15, 0.2) is 11.6 Å². The van der Waals surface area contributed by atoms with Crippen molar-refractivity contribution in [3.8, 4) is 16.9 Å². The molecule has 0 unspecified atom stereocenters. The van der Waals surface area contributed by atoms with Gasteiger partial charge in [-0.25, -0.2) is 4.39 Å². The van der Waals surface area contributed by atoms with Crippen LogP contribution in [0, 0.1) is 5.82 Å². The molecule has 0 aliphatic carbocycles. The lowest BCUT2D eigenvalue weighted by atomic mass is 10.0. The van der Waals surface area contributed by atoms with Gasteiger partial charge in [0.1, 0.15) is 6.61 Å². The van der Waals surface area contributed by atoms with Crippen LogP contribution in [0.1, 0.15) is 16.8 Å². The zero-order valence-electron chi connectivity index (χ0n) is 16.7. The summed E-state index contributed by atoms with van der Waals surface area (Å²) in [6, 6.07) is 27.9. The number of hydrogen-bond acceptors (Lipinski definition) is 2. The summed E-state index contributed by atoms with van der Waals surface area (Å²) in [5.41, 5.74) is 3.84. The molecule has 0 aliphatic rings. The summed E-state index contributed by atoms with van der Waals surface area (Å²) >= 11 is 0. The number of halogens is 1. The molecule has 4 heteroatoms. The van der Waals surface area contributed by atoms with Crippen LogP contribution in [-0.2, 0) is 20.1 Å². The predicted molar refractivity (Wildman–Crippen MR) is 117 cm³/mol. The van der Waals surface area contributed by atoms with Gasteiger partial charge in [0, 0.05) is 24.7 Å². The van der Waals surface area contributed by atoms with Crippen LogP contribution in [0.3, 0.4) is 0 Å². The zero-order chi connectivity index (χ0) is 20.9. The third kappa shape index (κ3) is 4.33. The number of benzene rings is 3. The van der Waals surface area contributed by atoms with Crippen LogP contribution in [0.5, 0.6) is 5.75 Å². The van der Waals surface area contributed by atoms with Gasteiger partial charge < -0.3 is 9.30 Å². The molecule has 1 aromatic heterocycles. The van der Waals surface area contributed by atoms with Crippen molar-refractivity contribution in [2.45, 2.75) is 13.0 Å². The van der Waals surface area contributed by atoms with Gasteiger partial charge in [-0.2, -0.15) is 0 Å². The van der Waals surface area contributed by atoms with Gasteiger partial charge in [0.25, 0.3) is 5.56 Å². The number of hydrogen-bond donors (Lipinski definition) is 0. The minimum atomic E-state index is -0.487. The molecule has 0 aliphatic heterocycles. The molecule has 0 atom stereocenters. The van der Waals surface area contributed by atoms with Crippen LogP contribution in [0.15, 0.2) is 95.8 Å². The number of rotatable bonds is 6. The Morgan fingerprint density at radius 1 is 0.833 bits per heavy atom. The van der Waals surface area contributed by atoms with E-state index in [0.29, 0.717) is 17.5 Å². The summed E-state index contributed by atoms with van der Waals surface area (Å²) in [6.45, 7) is 0.285. The maximum absolute atomic E-state index is 14.6. The highest BCUT2D eigenvalue weighted by molar-refractivity contribution is 5.63. The summed E-state index contributed by atoms with van der Waals surface area (Å²) in [6.07, 6.45) is 0.660. The molecule has 0 bridgehead atoms. The molecule has 0 amide bonds. The Balaban J connectivity index is 1.55. The second kappa shape index (κ2) is 8.78. The van der Waals surface area contributed by atoms with Gasteiger partial charge in [-0.1, -0.05) is 66.7 Å². The van der Waals surface area contributed by atoms with Crippen molar-refractivity contribution < 1.29 is 9.13 Å². The summed E-state index contributed by atoms with van der Waals surface area (Å²) in [5.74, 6) is -0.320. The maximum atomic E-state index is 14.6. The summed E-state index contributed by atoms with van der Waals surface area (Å²) in [5, 5.41) is 0. The topological polar surface area (TPSA) is 31.2 Å². The lowest BCUT2D eigenvalue weighted by Crippen LogP contribution is -2.22. The molecular weight excluding hydrogens is 377 g/mol. The van der Waals surface area contributed by atoms with Crippen molar-refractivity contribution >= 4 is 0 Å². The largest absolute Gasteiger partial charge is 0.486 e. The summed E-state index contributed by atoms with van der Waals surface area (Å²) in [4.78, 5) is 12.9. The van der Waals surface area contributed by atoms with Crippen LogP contribution < -0.4 is 10.3 Å². The molecule has 1 heterocycles. The van der Waals surface area contributed by atoms with Crippen molar-refractivity contribution in [2.24, 2.45) is 7.05 Å². The van der Waals surface area contributed by atoms with Gasteiger partial charge in [-0.05, 0) is 41.0 Å². The highest BCUT2D eigenvalue weighted by Crippen LogP contribution is 2.25. The molecule has 0 saturated carbocycles. The SMILES string of the molecule is Cn1c(Cc2ccccc2)ccc(-c2ccc(OCc3ccccc3)c(F)c2)c1=O. The number of ether oxygens (including phenoxy) is 1. The van der Waals surface area contributed by atoms with E-state index in [-0.39, 0.29) is 17.9 Å². The smallest absolute Gasteiger partial charge is 0.258 e. The number of pyridine rings is 1. The second-order valence-electron chi connectivity index (χ2n) is 7.18. The van der Waals surface area contributed by atoms with E-state index in [4.69, 9.17) is 4.74 Å². The fraction of sp³-hybridized carbons (Fsp3) is 0.115. The predicted octanol–water partition coefficient (Wildman–Crippen LogP) is 5.36. The van der Waals surface area contributed by atoms with Gasteiger partial charge >= 0.3 is 0 Å². The Morgan fingerprint density at radius 2 is 1.50 bits per heavy atom. The normalized spacial score (nSPS) is 10.7. The van der Waals surface area contributed by atoms with E-state index >= 15 is 0 Å². The molecule has 3 nitrogen and oxygen atoms in total. The Bertz CT molecular complexity index is 1200. The van der Waals surface area contributed by atoms with E-state index in [1.807, 2.05) is 66.7 Å². The molecule has 0 saturated heterocycles. The molecule has 4 aromatic rings. The van der Waals surface area contributed by atoms with Crippen LogP contribution in [0.25, 0.3) is 11.1 Å². The molecule has 3 aromatic carbocycles. The first-order valence-corrected chi connectivity index (χ1v) is 9.81. The van der Waals surface area contributed by atoms with Crippen LogP contribution in [0.4, 0.5) is 4.39 Å². The van der Waals surface area contributed by atoms with Gasteiger partial charge in [-0.15, -0.1) is 0 Å². The van der Waals surface area contributed by atoms with E-state index in [9.17, 15) is 9.18 Å². The Labute approximate surface area is 175 Å². The Morgan fingerprint density at radius 3 is 2.17 bits per heavy atom. The minimum Gasteiger partial charge on any atom is -0.486 e. The standard InChI is InChI=1S/C26H22FNO2/c1-28-22(16-19-8-4-2-5-9-19)13-14-23(26(28)29)21-12-15-25(24(27)17-21)30-18-20-10-6-3-7-11-20/h2-15,17H,16,18H2,1H3. The molecule has 0 radical (unpaired) electrons. The van der Waals surface area contributed by atoms with Gasteiger partial charge in [0.2, 0.25) is 0 Å². The van der Waals surface area contributed by atoms with E-state index in [1.165, 1.54) is 6.07 Å². The maximum Gasteiger partial charge on any atom is 0.258 e. The van der Waals surface area contributed by atoms with E-state index < -0.39 is 5.82 Å². The van der Waals surface area contributed by atoms with Gasteiger partial charge in [0.05, 0.1) is 0 Å². The first kappa shape index (κ1) is 19.6. The first-order chi connectivity index (χ1) is 14.6. The van der Waals surface area contributed by atoms with Crippen LogP contribution in [0.2, 0.25) is 0 Å². The molecule has 0 fully saturated rings. The lowest BCUT2D eigenvalue weighted by Gasteiger charge is -2.12. The average molecular weight is 399 g/mol. The molecule has 0 spiro atoms. The molecule has 150 valence electrons. The van der Waals surface area contributed by atoms with Crippen molar-refractivity contribution in [2.75, 3.05) is 0 Å². The zero-order valence-corrected chi connectivity index (χ0v) is 16.7. The second-order valence-corrected chi connectivity index (χ2v) is 7.18. The van der Waals surface area contributed by atoms with Crippen LogP contribution in [-0.4, -0.2) is 4.57 Å². The molecule has 0 N–H and O–H groups in total. The number of aromatic nitrogens is 1. The van der Waals surface area contributed by atoms with Crippen LogP contribution >= 0.6 is 0 Å². The minimum absolute atomic E-state index is 0.152. The summed E-state index contributed by atoms with van der Waals surface area (Å²) < 4.78 is 21.8. The lowest BCUT2D eigenvalue weighted by molar-refractivity contribution is 0.290. The van der Waals surface area contributed by atoms with E-state index in [1.54, 1.807) is 29.8 Å². The molecule has 4 rings (SSSR count).